The fourth-order valence-electron chi connectivity index (χ4n) is 3.60. The van der Waals surface area contributed by atoms with Gasteiger partial charge in [0.25, 0.3) is 0 Å². The van der Waals surface area contributed by atoms with Crippen molar-refractivity contribution in [3.8, 4) is 0 Å². The van der Waals surface area contributed by atoms with Crippen LogP contribution in [0.4, 0.5) is 10.2 Å². The SMILES string of the molecule is Cc1nc(C)c(Cc2ccc(F)cc2)c(N2CCN(C(=O)C(C)(C)CCl)CC2)n1. The molecule has 2 heterocycles. The van der Waals surface area contributed by atoms with Gasteiger partial charge in [-0.2, -0.15) is 0 Å². The summed E-state index contributed by atoms with van der Waals surface area (Å²) in [4.78, 5) is 26.1. The zero-order valence-electron chi connectivity index (χ0n) is 17.5. The van der Waals surface area contributed by atoms with Crippen LogP contribution in [-0.2, 0) is 11.2 Å². The van der Waals surface area contributed by atoms with Gasteiger partial charge in [-0.15, -0.1) is 11.6 Å². The van der Waals surface area contributed by atoms with Gasteiger partial charge in [-0.1, -0.05) is 12.1 Å². The van der Waals surface area contributed by atoms with Crippen LogP contribution in [-0.4, -0.2) is 52.8 Å². The number of rotatable bonds is 5. The lowest BCUT2D eigenvalue weighted by Crippen LogP contribution is -2.53. The molecule has 0 N–H and O–H groups in total. The van der Waals surface area contributed by atoms with E-state index in [2.05, 4.69) is 9.88 Å². The third kappa shape index (κ3) is 4.86. The minimum absolute atomic E-state index is 0.0914. The molecule has 0 atom stereocenters. The Morgan fingerprint density at radius 1 is 1.10 bits per heavy atom. The van der Waals surface area contributed by atoms with Crippen LogP contribution in [0.15, 0.2) is 24.3 Å². The number of carbonyl (C=O) groups is 1. The topological polar surface area (TPSA) is 49.3 Å². The second-order valence-electron chi connectivity index (χ2n) is 8.26. The number of carbonyl (C=O) groups excluding carboxylic acids is 1. The number of hydrogen-bond acceptors (Lipinski definition) is 4. The molecule has 156 valence electrons. The first-order chi connectivity index (χ1) is 13.7. The van der Waals surface area contributed by atoms with Gasteiger partial charge >= 0.3 is 0 Å². The Kier molecular flexibility index (Phi) is 6.42. The number of alkyl halides is 1. The third-order valence-corrected chi connectivity index (χ3v) is 6.05. The van der Waals surface area contributed by atoms with Crippen molar-refractivity contribution in [2.24, 2.45) is 5.41 Å². The van der Waals surface area contributed by atoms with E-state index in [1.807, 2.05) is 32.6 Å². The Morgan fingerprint density at radius 3 is 2.31 bits per heavy atom. The van der Waals surface area contributed by atoms with Crippen LogP contribution in [0.3, 0.4) is 0 Å². The van der Waals surface area contributed by atoms with Gasteiger partial charge in [0, 0.05) is 49.7 Å². The lowest BCUT2D eigenvalue weighted by atomic mass is 9.94. The van der Waals surface area contributed by atoms with Crippen LogP contribution < -0.4 is 4.90 Å². The predicted octanol–water partition coefficient (Wildman–Crippen LogP) is 3.74. The highest BCUT2D eigenvalue weighted by Gasteiger charge is 2.33. The summed E-state index contributed by atoms with van der Waals surface area (Å²) in [6.07, 6.45) is 0.639. The maximum Gasteiger partial charge on any atom is 0.229 e. The highest BCUT2D eigenvalue weighted by atomic mass is 35.5. The Balaban J connectivity index is 1.80. The van der Waals surface area contributed by atoms with Gasteiger partial charge in [0.05, 0.1) is 5.41 Å². The van der Waals surface area contributed by atoms with E-state index in [4.69, 9.17) is 16.6 Å². The van der Waals surface area contributed by atoms with Crippen molar-refractivity contribution >= 4 is 23.3 Å². The van der Waals surface area contributed by atoms with E-state index in [0.29, 0.717) is 38.5 Å². The van der Waals surface area contributed by atoms with Crippen molar-refractivity contribution in [1.29, 1.82) is 0 Å². The molecule has 1 aliphatic rings. The average Bonchev–Trinajstić information content (AvgIpc) is 2.71. The highest BCUT2D eigenvalue weighted by Crippen LogP contribution is 2.27. The number of benzene rings is 1. The van der Waals surface area contributed by atoms with E-state index in [0.717, 1.165) is 28.5 Å². The standard InChI is InChI=1S/C22H28ClFN4O/c1-15-19(13-17-5-7-18(24)8-6-17)20(26-16(2)25-15)27-9-11-28(12-10-27)21(29)22(3,4)14-23/h5-8H,9-14H2,1-4H3. The van der Waals surface area contributed by atoms with Gasteiger partial charge in [-0.3, -0.25) is 4.79 Å². The Labute approximate surface area is 176 Å². The maximum atomic E-state index is 13.3. The van der Waals surface area contributed by atoms with Gasteiger partial charge in [0.15, 0.2) is 0 Å². The largest absolute Gasteiger partial charge is 0.353 e. The van der Waals surface area contributed by atoms with Crippen molar-refractivity contribution in [3.05, 3.63) is 52.7 Å². The van der Waals surface area contributed by atoms with Crippen molar-refractivity contribution in [3.63, 3.8) is 0 Å². The first kappa shape index (κ1) is 21.5. The van der Waals surface area contributed by atoms with Gasteiger partial charge in [-0.25, -0.2) is 14.4 Å². The van der Waals surface area contributed by atoms with E-state index in [1.54, 1.807) is 12.1 Å². The molecule has 5 nitrogen and oxygen atoms in total. The van der Waals surface area contributed by atoms with Gasteiger partial charge < -0.3 is 9.80 Å². The Morgan fingerprint density at radius 2 is 1.72 bits per heavy atom. The number of amides is 1. The van der Waals surface area contributed by atoms with E-state index in [1.165, 1.54) is 12.1 Å². The fourth-order valence-corrected chi connectivity index (χ4v) is 3.71. The first-order valence-electron chi connectivity index (χ1n) is 9.90. The molecule has 0 radical (unpaired) electrons. The smallest absolute Gasteiger partial charge is 0.229 e. The van der Waals surface area contributed by atoms with Gasteiger partial charge in [0.1, 0.15) is 17.5 Å². The summed E-state index contributed by atoms with van der Waals surface area (Å²) in [5.74, 6) is 1.78. The van der Waals surface area contributed by atoms with Crippen molar-refractivity contribution < 1.29 is 9.18 Å². The summed E-state index contributed by atoms with van der Waals surface area (Å²) in [5.41, 5.74) is 2.43. The normalized spacial score (nSPS) is 15.0. The molecule has 2 aromatic rings. The summed E-state index contributed by atoms with van der Waals surface area (Å²) in [6.45, 7) is 10.3. The second-order valence-corrected chi connectivity index (χ2v) is 8.53. The minimum atomic E-state index is -0.556. The highest BCUT2D eigenvalue weighted by molar-refractivity contribution is 6.19. The summed E-state index contributed by atoms with van der Waals surface area (Å²) in [7, 11) is 0. The molecule has 0 aliphatic carbocycles. The van der Waals surface area contributed by atoms with Crippen LogP contribution in [0.5, 0.6) is 0 Å². The number of piperazine rings is 1. The predicted molar refractivity (Wildman–Crippen MR) is 114 cm³/mol. The number of aromatic nitrogens is 2. The van der Waals surface area contributed by atoms with Crippen LogP contribution in [0.1, 0.15) is 36.5 Å². The molecule has 29 heavy (non-hydrogen) atoms. The molecular formula is C22H28ClFN4O. The molecule has 3 rings (SSSR count). The number of anilines is 1. The number of aryl methyl sites for hydroxylation is 2. The third-order valence-electron chi connectivity index (χ3n) is 5.38. The molecule has 1 fully saturated rings. The van der Waals surface area contributed by atoms with E-state index in [9.17, 15) is 9.18 Å². The van der Waals surface area contributed by atoms with E-state index in [-0.39, 0.29) is 11.7 Å². The molecule has 1 aliphatic heterocycles. The first-order valence-corrected chi connectivity index (χ1v) is 10.4. The molecule has 0 bridgehead atoms. The lowest BCUT2D eigenvalue weighted by molar-refractivity contribution is -0.139. The maximum absolute atomic E-state index is 13.3. The summed E-state index contributed by atoms with van der Waals surface area (Å²) >= 11 is 5.98. The molecule has 0 unspecified atom stereocenters. The summed E-state index contributed by atoms with van der Waals surface area (Å²) < 4.78 is 13.3. The molecule has 0 saturated carbocycles. The van der Waals surface area contributed by atoms with Crippen molar-refractivity contribution in [2.45, 2.75) is 34.1 Å². The second kappa shape index (κ2) is 8.66. The Hall–Kier alpha value is -2.21. The number of halogens is 2. The molecule has 1 saturated heterocycles. The fraction of sp³-hybridized carbons (Fsp3) is 0.500. The molecule has 1 aromatic heterocycles. The molecule has 1 amide bonds. The average molecular weight is 419 g/mol. The van der Waals surface area contributed by atoms with E-state index < -0.39 is 5.41 Å². The minimum Gasteiger partial charge on any atom is -0.353 e. The van der Waals surface area contributed by atoms with Crippen molar-refractivity contribution in [2.75, 3.05) is 37.0 Å². The monoisotopic (exact) mass is 418 g/mol. The van der Waals surface area contributed by atoms with Crippen LogP contribution in [0.25, 0.3) is 0 Å². The van der Waals surface area contributed by atoms with Gasteiger partial charge in [-0.05, 0) is 45.4 Å². The molecule has 1 aromatic carbocycles. The van der Waals surface area contributed by atoms with Gasteiger partial charge in [0.2, 0.25) is 5.91 Å². The molecule has 7 heteroatoms. The number of hydrogen-bond donors (Lipinski definition) is 0. The van der Waals surface area contributed by atoms with E-state index >= 15 is 0 Å². The van der Waals surface area contributed by atoms with Crippen LogP contribution in [0, 0.1) is 25.1 Å². The summed E-state index contributed by atoms with van der Waals surface area (Å²) in [5, 5.41) is 0. The van der Waals surface area contributed by atoms with Crippen LogP contribution >= 0.6 is 11.6 Å². The Bertz CT molecular complexity index is 877. The quantitative estimate of drug-likeness (QED) is 0.694. The molecule has 0 spiro atoms. The van der Waals surface area contributed by atoms with Crippen molar-refractivity contribution in [1.82, 2.24) is 14.9 Å². The summed E-state index contributed by atoms with van der Waals surface area (Å²) in [6, 6.07) is 6.54. The number of nitrogens with zero attached hydrogens (tertiary/aromatic N) is 4. The van der Waals surface area contributed by atoms with Crippen LogP contribution in [0.2, 0.25) is 0 Å². The zero-order valence-corrected chi connectivity index (χ0v) is 18.3. The zero-order chi connectivity index (χ0) is 21.2. The lowest BCUT2D eigenvalue weighted by Gasteiger charge is -2.39. The molecular weight excluding hydrogens is 391 g/mol.